The summed E-state index contributed by atoms with van der Waals surface area (Å²) in [5.41, 5.74) is 4.74. The Morgan fingerprint density at radius 3 is 2.14 bits per heavy atom. The molecule has 2 aromatic rings. The molecule has 0 radical (unpaired) electrons. The Morgan fingerprint density at radius 2 is 1.60 bits per heavy atom. The number of amides is 2. The van der Waals surface area contributed by atoms with Gasteiger partial charge in [0.2, 0.25) is 5.91 Å². The van der Waals surface area contributed by atoms with Crippen LogP contribution < -0.4 is 5.32 Å². The van der Waals surface area contributed by atoms with E-state index in [1.165, 1.54) is 27.2 Å². The average molecular weight is 481 g/mol. The van der Waals surface area contributed by atoms with Gasteiger partial charge in [-0.3, -0.25) is 9.59 Å². The van der Waals surface area contributed by atoms with Gasteiger partial charge >= 0.3 is 12.1 Å². The second-order valence-electron chi connectivity index (χ2n) is 9.36. The highest BCUT2D eigenvalue weighted by atomic mass is 16.5. The molecule has 0 aliphatic heterocycles. The summed E-state index contributed by atoms with van der Waals surface area (Å²) in [6.45, 7) is 6.15. The molecule has 1 aliphatic carbocycles. The van der Waals surface area contributed by atoms with Gasteiger partial charge < -0.3 is 20.1 Å². The Hall–Kier alpha value is -3.35. The van der Waals surface area contributed by atoms with E-state index in [1.54, 1.807) is 0 Å². The van der Waals surface area contributed by atoms with Crippen molar-refractivity contribution < 1.29 is 24.2 Å². The minimum absolute atomic E-state index is 0.0252. The number of hydrogen-bond donors (Lipinski definition) is 2. The second-order valence-corrected chi connectivity index (χ2v) is 9.36. The highest BCUT2D eigenvalue weighted by Crippen LogP contribution is 2.44. The normalized spacial score (nSPS) is 13.1. The van der Waals surface area contributed by atoms with Gasteiger partial charge in [-0.15, -0.1) is 0 Å². The van der Waals surface area contributed by atoms with Crippen molar-refractivity contribution in [3.8, 4) is 11.1 Å². The van der Waals surface area contributed by atoms with E-state index in [-0.39, 0.29) is 36.9 Å². The van der Waals surface area contributed by atoms with Crippen LogP contribution in [0.5, 0.6) is 0 Å². The summed E-state index contributed by atoms with van der Waals surface area (Å²) in [6.07, 6.45) is 2.12. The molecule has 0 saturated heterocycles. The number of nitrogens with one attached hydrogen (secondary N) is 1. The van der Waals surface area contributed by atoms with E-state index in [0.717, 1.165) is 12.8 Å². The van der Waals surface area contributed by atoms with Crippen LogP contribution in [-0.2, 0) is 14.3 Å². The Labute approximate surface area is 207 Å². The van der Waals surface area contributed by atoms with E-state index in [0.29, 0.717) is 19.4 Å². The van der Waals surface area contributed by atoms with E-state index in [2.05, 4.69) is 36.5 Å². The fourth-order valence-electron chi connectivity index (χ4n) is 4.76. The third-order valence-corrected chi connectivity index (χ3v) is 6.76. The van der Waals surface area contributed by atoms with Crippen LogP contribution in [0, 0.1) is 5.92 Å². The number of carboxylic acids is 1. The van der Waals surface area contributed by atoms with Gasteiger partial charge in [0.15, 0.2) is 0 Å². The van der Waals surface area contributed by atoms with Gasteiger partial charge in [-0.2, -0.15) is 0 Å². The predicted molar refractivity (Wildman–Crippen MR) is 135 cm³/mol. The summed E-state index contributed by atoms with van der Waals surface area (Å²) in [7, 11) is 0. The molecule has 1 aliphatic rings. The van der Waals surface area contributed by atoms with Gasteiger partial charge in [0.1, 0.15) is 13.2 Å². The minimum Gasteiger partial charge on any atom is -0.480 e. The summed E-state index contributed by atoms with van der Waals surface area (Å²) >= 11 is 0. The molecule has 2 N–H and O–H groups in total. The van der Waals surface area contributed by atoms with Crippen molar-refractivity contribution in [1.82, 2.24) is 10.2 Å². The number of fused-ring (bicyclic) bond motifs is 3. The lowest BCUT2D eigenvalue weighted by Crippen LogP contribution is -2.40. The molecule has 0 heterocycles. The van der Waals surface area contributed by atoms with Crippen LogP contribution in [0.3, 0.4) is 0 Å². The van der Waals surface area contributed by atoms with Crippen LogP contribution in [0.25, 0.3) is 11.1 Å². The Bertz CT molecular complexity index is 990. The molecular weight excluding hydrogens is 444 g/mol. The average Bonchev–Trinajstić information content (AvgIpc) is 3.16. The molecule has 0 saturated carbocycles. The van der Waals surface area contributed by atoms with Gasteiger partial charge in [0.25, 0.3) is 0 Å². The predicted octanol–water partition coefficient (Wildman–Crippen LogP) is 5.04. The Balaban J connectivity index is 1.44. The van der Waals surface area contributed by atoms with E-state index < -0.39 is 12.1 Å². The summed E-state index contributed by atoms with van der Waals surface area (Å²) in [5, 5.41) is 11.9. The first-order valence-corrected chi connectivity index (χ1v) is 12.4. The van der Waals surface area contributed by atoms with Gasteiger partial charge in [0, 0.05) is 24.9 Å². The number of carbonyl (C=O) groups is 3. The molecule has 1 unspecified atom stereocenters. The maximum atomic E-state index is 12.5. The van der Waals surface area contributed by atoms with E-state index in [1.807, 2.05) is 38.1 Å². The molecule has 1 atom stereocenters. The fraction of sp³-hybridized carbons (Fsp3) is 0.464. The van der Waals surface area contributed by atoms with Crippen molar-refractivity contribution >= 4 is 18.0 Å². The van der Waals surface area contributed by atoms with Gasteiger partial charge in [-0.1, -0.05) is 61.9 Å². The minimum atomic E-state index is -1.01. The first-order chi connectivity index (χ1) is 16.8. The quantitative estimate of drug-likeness (QED) is 0.444. The maximum absolute atomic E-state index is 12.5. The topological polar surface area (TPSA) is 95.9 Å². The lowest BCUT2D eigenvalue weighted by atomic mass is 9.96. The zero-order chi connectivity index (χ0) is 25.4. The highest BCUT2D eigenvalue weighted by Gasteiger charge is 2.29. The first kappa shape index (κ1) is 26.3. The lowest BCUT2D eigenvalue weighted by molar-refractivity contribution is -0.145. The summed E-state index contributed by atoms with van der Waals surface area (Å²) in [5.74, 6) is -0.874. The van der Waals surface area contributed by atoms with Crippen molar-refractivity contribution in [3.63, 3.8) is 0 Å². The summed E-state index contributed by atoms with van der Waals surface area (Å²) in [6, 6.07) is 16.3. The highest BCUT2D eigenvalue weighted by molar-refractivity contribution is 5.81. The molecule has 0 spiro atoms. The monoisotopic (exact) mass is 480 g/mol. The van der Waals surface area contributed by atoms with Crippen LogP contribution in [0.4, 0.5) is 4.79 Å². The van der Waals surface area contributed by atoms with Gasteiger partial charge in [0.05, 0.1) is 0 Å². The van der Waals surface area contributed by atoms with Crippen molar-refractivity contribution in [1.29, 1.82) is 0 Å². The third-order valence-electron chi connectivity index (χ3n) is 6.76. The third kappa shape index (κ3) is 6.84. The molecule has 3 rings (SSSR count). The van der Waals surface area contributed by atoms with E-state index in [9.17, 15) is 14.4 Å². The number of carbonyl (C=O) groups excluding carboxylic acids is 2. The zero-order valence-electron chi connectivity index (χ0n) is 20.8. The smallest absolute Gasteiger partial charge is 0.407 e. The summed E-state index contributed by atoms with van der Waals surface area (Å²) < 4.78 is 5.58. The number of benzene rings is 2. The number of hydrogen-bond acceptors (Lipinski definition) is 4. The van der Waals surface area contributed by atoms with E-state index >= 15 is 0 Å². The molecule has 2 aromatic carbocycles. The first-order valence-electron chi connectivity index (χ1n) is 12.4. The largest absolute Gasteiger partial charge is 0.480 e. The number of alkyl carbamates (subject to hydrolysis) is 1. The molecule has 0 bridgehead atoms. The number of carboxylic acid groups (broad SMARTS) is 1. The molecule has 7 nitrogen and oxygen atoms in total. The molecule has 188 valence electrons. The number of nitrogens with zero attached hydrogens (tertiary/aromatic N) is 1. The molecule has 7 heteroatoms. The van der Waals surface area contributed by atoms with E-state index in [4.69, 9.17) is 9.84 Å². The molecule has 0 fully saturated rings. The molecular formula is C28H36N2O5. The second kappa shape index (κ2) is 12.4. The number of ether oxygens (including phenoxy) is 1. The lowest BCUT2D eigenvalue weighted by Gasteiger charge is -2.25. The standard InChI is InChI=1S/C28H36N2O5/c1-4-20(13-14-26(31)30(19(2)3)17-27(32)33)15-16-29-28(34)35-18-25-23-11-7-5-9-21(23)22-10-6-8-12-24(22)25/h5-12,19-20,25H,4,13-18H2,1-3H3,(H,29,34)(H,32,33). The van der Waals surface area contributed by atoms with Crippen LogP contribution in [0.1, 0.15) is 63.5 Å². The van der Waals surface area contributed by atoms with Crippen LogP contribution in [-0.4, -0.2) is 53.7 Å². The van der Waals surface area contributed by atoms with Gasteiger partial charge in [-0.05, 0) is 54.9 Å². The van der Waals surface area contributed by atoms with Crippen molar-refractivity contribution in [2.75, 3.05) is 19.7 Å². The Kier molecular flexibility index (Phi) is 9.29. The summed E-state index contributed by atoms with van der Waals surface area (Å²) in [4.78, 5) is 37.3. The SMILES string of the molecule is CCC(CCNC(=O)OCC1c2ccccc2-c2ccccc21)CCC(=O)N(CC(=O)O)C(C)C. The van der Waals surface area contributed by atoms with Crippen LogP contribution >= 0.6 is 0 Å². The van der Waals surface area contributed by atoms with Crippen molar-refractivity contribution in [2.45, 2.75) is 58.4 Å². The molecule has 0 aromatic heterocycles. The number of aliphatic carboxylic acids is 1. The Morgan fingerprint density at radius 1 is 1.00 bits per heavy atom. The number of rotatable bonds is 12. The fourth-order valence-corrected chi connectivity index (χ4v) is 4.76. The van der Waals surface area contributed by atoms with Crippen LogP contribution in [0.2, 0.25) is 0 Å². The molecule has 35 heavy (non-hydrogen) atoms. The van der Waals surface area contributed by atoms with Crippen LogP contribution in [0.15, 0.2) is 48.5 Å². The molecule has 2 amide bonds. The van der Waals surface area contributed by atoms with Crippen molar-refractivity contribution in [3.05, 3.63) is 59.7 Å². The maximum Gasteiger partial charge on any atom is 0.407 e. The zero-order valence-corrected chi connectivity index (χ0v) is 20.8. The van der Waals surface area contributed by atoms with Crippen molar-refractivity contribution in [2.24, 2.45) is 5.92 Å². The van der Waals surface area contributed by atoms with Gasteiger partial charge in [-0.25, -0.2) is 4.79 Å².